The standard InChI is InChI=1S/C27H23F3N6O2/c1-3-35-25-20(16(2)34-36(25)18-12-8-5-9-13-18)21(17-10-6-4-7-11-17)22(26(35)38)33-24(37)23-31-15-14-19(32-23)27(28,29)30/h4-15,21-22H,3H2,1-2H3,(H,33,37). The second-order valence-electron chi connectivity index (χ2n) is 8.76. The summed E-state index contributed by atoms with van der Waals surface area (Å²) in [6, 6.07) is 18.0. The summed E-state index contributed by atoms with van der Waals surface area (Å²) in [6.07, 6.45) is -3.88. The highest BCUT2D eigenvalue weighted by Gasteiger charge is 2.45. The van der Waals surface area contributed by atoms with Crippen LogP contribution >= 0.6 is 0 Å². The SMILES string of the molecule is CCN1C(=O)C(NC(=O)c2nccc(C(F)(F)F)n2)C(c2ccccc2)c2c(C)nn(-c3ccccc3)c21. The number of halogens is 3. The number of carbonyl (C=O) groups is 2. The molecule has 0 fully saturated rings. The van der Waals surface area contributed by atoms with Crippen LogP contribution in [0.3, 0.4) is 0 Å². The van der Waals surface area contributed by atoms with E-state index in [9.17, 15) is 22.8 Å². The Hall–Kier alpha value is -4.54. The number of nitrogens with zero attached hydrogens (tertiary/aromatic N) is 5. The highest BCUT2D eigenvalue weighted by atomic mass is 19.4. The van der Waals surface area contributed by atoms with Gasteiger partial charge in [-0.1, -0.05) is 48.5 Å². The van der Waals surface area contributed by atoms with Gasteiger partial charge in [-0.25, -0.2) is 14.6 Å². The molecule has 2 aromatic carbocycles. The molecule has 1 aliphatic heterocycles. The zero-order valence-electron chi connectivity index (χ0n) is 20.5. The molecular weight excluding hydrogens is 497 g/mol. The lowest BCUT2D eigenvalue weighted by Crippen LogP contribution is -2.55. The third-order valence-corrected chi connectivity index (χ3v) is 6.42. The van der Waals surface area contributed by atoms with Crippen molar-refractivity contribution in [3.63, 3.8) is 0 Å². The second-order valence-corrected chi connectivity index (χ2v) is 8.76. The van der Waals surface area contributed by atoms with Crippen LogP contribution in [0.2, 0.25) is 0 Å². The smallest absolute Gasteiger partial charge is 0.337 e. The third-order valence-electron chi connectivity index (χ3n) is 6.42. The van der Waals surface area contributed by atoms with Gasteiger partial charge in [-0.05, 0) is 37.6 Å². The molecule has 0 radical (unpaired) electrons. The van der Waals surface area contributed by atoms with Crippen molar-refractivity contribution in [3.8, 4) is 5.69 Å². The van der Waals surface area contributed by atoms with E-state index in [0.717, 1.165) is 23.0 Å². The maximum Gasteiger partial charge on any atom is 0.433 e. The minimum Gasteiger partial charge on any atom is -0.337 e. The van der Waals surface area contributed by atoms with E-state index in [2.05, 4.69) is 15.3 Å². The van der Waals surface area contributed by atoms with E-state index in [1.165, 1.54) is 4.90 Å². The van der Waals surface area contributed by atoms with Crippen LogP contribution in [-0.4, -0.2) is 44.1 Å². The Labute approximate surface area is 216 Å². The molecule has 0 spiro atoms. The Bertz CT molecular complexity index is 1490. The van der Waals surface area contributed by atoms with Crippen molar-refractivity contribution in [2.75, 3.05) is 11.4 Å². The summed E-state index contributed by atoms with van der Waals surface area (Å²) in [6.45, 7) is 3.90. The van der Waals surface area contributed by atoms with Gasteiger partial charge in [-0.2, -0.15) is 18.3 Å². The first-order chi connectivity index (χ1) is 18.2. The van der Waals surface area contributed by atoms with Crippen LogP contribution in [-0.2, 0) is 11.0 Å². The number of hydrogen-bond donors (Lipinski definition) is 1. The zero-order chi connectivity index (χ0) is 27.0. The van der Waals surface area contributed by atoms with Crippen LogP contribution in [0.15, 0.2) is 72.9 Å². The number of anilines is 1. The van der Waals surface area contributed by atoms with Crippen LogP contribution in [0.4, 0.5) is 19.0 Å². The summed E-state index contributed by atoms with van der Waals surface area (Å²) in [7, 11) is 0. The zero-order valence-corrected chi connectivity index (χ0v) is 20.5. The quantitative estimate of drug-likeness (QED) is 0.424. The Morgan fingerprint density at radius 3 is 2.32 bits per heavy atom. The molecule has 0 aliphatic carbocycles. The molecule has 0 saturated heterocycles. The van der Waals surface area contributed by atoms with E-state index in [0.29, 0.717) is 17.6 Å². The average Bonchev–Trinajstić information content (AvgIpc) is 3.26. The molecule has 0 saturated carbocycles. The highest BCUT2D eigenvalue weighted by molar-refractivity contribution is 6.04. The first-order valence-corrected chi connectivity index (χ1v) is 11.9. The summed E-state index contributed by atoms with van der Waals surface area (Å²) in [4.78, 5) is 35.7. The lowest BCUT2D eigenvalue weighted by molar-refractivity contribution is -0.141. The minimum absolute atomic E-state index is 0.276. The lowest BCUT2D eigenvalue weighted by Gasteiger charge is -2.38. The van der Waals surface area contributed by atoms with E-state index >= 15 is 0 Å². The maximum absolute atomic E-state index is 13.9. The van der Waals surface area contributed by atoms with Gasteiger partial charge in [0, 0.05) is 24.2 Å². The van der Waals surface area contributed by atoms with Gasteiger partial charge < -0.3 is 5.32 Å². The van der Waals surface area contributed by atoms with Crippen LogP contribution in [0.1, 0.15) is 46.0 Å². The Morgan fingerprint density at radius 2 is 1.68 bits per heavy atom. The number of para-hydroxylation sites is 1. The van der Waals surface area contributed by atoms with Gasteiger partial charge in [-0.3, -0.25) is 14.5 Å². The van der Waals surface area contributed by atoms with Crippen LogP contribution in [0, 0.1) is 6.92 Å². The van der Waals surface area contributed by atoms with Crippen LogP contribution < -0.4 is 10.2 Å². The van der Waals surface area contributed by atoms with Crippen molar-refractivity contribution in [1.29, 1.82) is 0 Å². The molecule has 38 heavy (non-hydrogen) atoms. The van der Waals surface area contributed by atoms with Gasteiger partial charge in [0.05, 0.1) is 11.4 Å². The molecule has 2 unspecified atom stereocenters. The Morgan fingerprint density at radius 1 is 1.03 bits per heavy atom. The summed E-state index contributed by atoms with van der Waals surface area (Å²) in [5, 5.41) is 7.38. The van der Waals surface area contributed by atoms with E-state index in [4.69, 9.17) is 5.10 Å². The number of likely N-dealkylation sites (N-methyl/N-ethyl adjacent to an activating group) is 1. The van der Waals surface area contributed by atoms with E-state index in [1.54, 1.807) is 11.6 Å². The average molecular weight is 521 g/mol. The van der Waals surface area contributed by atoms with Crippen molar-refractivity contribution in [3.05, 3.63) is 101 Å². The highest BCUT2D eigenvalue weighted by Crippen LogP contribution is 2.43. The summed E-state index contributed by atoms with van der Waals surface area (Å²) < 4.78 is 41.3. The Balaban J connectivity index is 1.64. The number of alkyl halides is 3. The first kappa shape index (κ1) is 25.1. The molecule has 0 bridgehead atoms. The van der Waals surface area contributed by atoms with E-state index in [1.807, 2.05) is 67.6 Å². The Kier molecular flexibility index (Phi) is 6.43. The van der Waals surface area contributed by atoms with Crippen LogP contribution in [0.25, 0.3) is 5.69 Å². The summed E-state index contributed by atoms with van der Waals surface area (Å²) in [5.74, 6) is -2.16. The molecule has 2 aromatic heterocycles. The largest absolute Gasteiger partial charge is 0.433 e. The fourth-order valence-electron chi connectivity index (χ4n) is 4.78. The van der Waals surface area contributed by atoms with Gasteiger partial charge in [-0.15, -0.1) is 0 Å². The number of amides is 2. The number of rotatable bonds is 5. The van der Waals surface area contributed by atoms with Crippen LogP contribution in [0.5, 0.6) is 0 Å². The number of nitrogens with one attached hydrogen (secondary N) is 1. The molecule has 3 heterocycles. The molecule has 1 N–H and O–H groups in total. The minimum atomic E-state index is -4.75. The summed E-state index contributed by atoms with van der Waals surface area (Å²) in [5.41, 5.74) is 1.64. The van der Waals surface area contributed by atoms with Gasteiger partial charge in [0.1, 0.15) is 17.6 Å². The van der Waals surface area contributed by atoms with Crippen molar-refractivity contribution in [2.45, 2.75) is 32.0 Å². The molecule has 2 amide bonds. The second kappa shape index (κ2) is 9.73. The monoisotopic (exact) mass is 520 g/mol. The molecule has 8 nitrogen and oxygen atoms in total. The lowest BCUT2D eigenvalue weighted by atomic mass is 9.81. The fraction of sp³-hybridized carbons (Fsp3) is 0.222. The molecular formula is C27H23F3N6O2. The van der Waals surface area contributed by atoms with Crippen molar-refractivity contribution < 1.29 is 22.8 Å². The van der Waals surface area contributed by atoms with E-state index in [-0.39, 0.29) is 6.54 Å². The topological polar surface area (TPSA) is 93.0 Å². The number of aromatic nitrogens is 4. The normalized spacial score (nSPS) is 17.3. The predicted molar refractivity (Wildman–Crippen MR) is 133 cm³/mol. The number of hydrogen-bond acceptors (Lipinski definition) is 5. The predicted octanol–water partition coefficient (Wildman–Crippen LogP) is 4.29. The maximum atomic E-state index is 13.9. The molecule has 1 aliphatic rings. The van der Waals surface area contributed by atoms with Gasteiger partial charge >= 0.3 is 6.18 Å². The molecule has 194 valence electrons. The number of carbonyl (C=O) groups excluding carboxylic acids is 2. The van der Waals surface area contributed by atoms with Gasteiger partial charge in [0.2, 0.25) is 5.82 Å². The third kappa shape index (κ3) is 4.40. The van der Waals surface area contributed by atoms with Crippen molar-refractivity contribution in [2.24, 2.45) is 0 Å². The van der Waals surface area contributed by atoms with Gasteiger partial charge in [0.25, 0.3) is 11.8 Å². The van der Waals surface area contributed by atoms with Gasteiger partial charge in [0.15, 0.2) is 0 Å². The fourth-order valence-corrected chi connectivity index (χ4v) is 4.78. The molecule has 5 rings (SSSR count). The number of benzene rings is 2. The van der Waals surface area contributed by atoms with E-state index < -0.39 is 41.5 Å². The van der Waals surface area contributed by atoms with Crippen molar-refractivity contribution >= 4 is 17.6 Å². The summed E-state index contributed by atoms with van der Waals surface area (Å²) >= 11 is 0. The number of aryl methyl sites for hydroxylation is 1. The molecule has 11 heteroatoms. The number of fused-ring (bicyclic) bond motifs is 1. The molecule has 4 aromatic rings. The van der Waals surface area contributed by atoms with Crippen molar-refractivity contribution in [1.82, 2.24) is 25.1 Å². The molecule has 2 atom stereocenters. The first-order valence-electron chi connectivity index (χ1n) is 11.9.